The van der Waals surface area contributed by atoms with Gasteiger partial charge in [-0.2, -0.15) is 18.3 Å². The Morgan fingerprint density at radius 2 is 1.92 bits per heavy atom. The molecule has 0 unspecified atom stereocenters. The lowest BCUT2D eigenvalue weighted by molar-refractivity contribution is -0.392. The first kappa shape index (κ1) is 25.7. The van der Waals surface area contributed by atoms with Crippen LogP contribution in [0.15, 0.2) is 18.3 Å². The lowest BCUT2D eigenvalue weighted by Gasteiger charge is -2.11. The van der Waals surface area contributed by atoms with E-state index in [9.17, 15) is 32.9 Å². The van der Waals surface area contributed by atoms with Crippen molar-refractivity contribution in [2.24, 2.45) is 5.73 Å². The summed E-state index contributed by atoms with van der Waals surface area (Å²) in [5.41, 5.74) is 5.22. The van der Waals surface area contributed by atoms with Crippen LogP contribution in [-0.4, -0.2) is 41.3 Å². The number of aromatic nitrogens is 5. The molecule has 0 saturated heterocycles. The molecular weight excluding hydrogens is 517 g/mol. The van der Waals surface area contributed by atoms with E-state index in [1.165, 1.54) is 17.7 Å². The maximum Gasteiger partial charge on any atom is 0.433 e. The Kier molecular flexibility index (Phi) is 6.45. The molecule has 194 valence electrons. The van der Waals surface area contributed by atoms with Crippen LogP contribution in [0, 0.1) is 24.0 Å². The van der Waals surface area contributed by atoms with Gasteiger partial charge in [0.25, 0.3) is 11.8 Å². The van der Waals surface area contributed by atoms with Crippen molar-refractivity contribution >= 4 is 44.9 Å². The summed E-state index contributed by atoms with van der Waals surface area (Å²) in [7, 11) is 0. The van der Waals surface area contributed by atoms with Crippen LogP contribution in [0.25, 0.3) is 21.3 Å². The van der Waals surface area contributed by atoms with E-state index in [0.29, 0.717) is 34.8 Å². The molecule has 0 bridgehead atoms. The van der Waals surface area contributed by atoms with E-state index in [0.717, 1.165) is 10.7 Å². The fourth-order valence-electron chi connectivity index (χ4n) is 3.80. The Labute approximate surface area is 210 Å². The molecule has 0 aromatic carbocycles. The number of hydrogen-bond donors (Lipinski definition) is 2. The van der Waals surface area contributed by atoms with E-state index in [4.69, 9.17) is 5.73 Å². The number of nitro groups is 1. The first-order valence-electron chi connectivity index (χ1n) is 10.7. The largest absolute Gasteiger partial charge is 0.433 e. The van der Waals surface area contributed by atoms with E-state index in [-0.39, 0.29) is 26.3 Å². The van der Waals surface area contributed by atoms with Crippen molar-refractivity contribution in [2.75, 3.05) is 5.32 Å². The minimum atomic E-state index is -4.80. The van der Waals surface area contributed by atoms with Gasteiger partial charge in [0.2, 0.25) is 0 Å². The number of amides is 2. The Bertz CT molecular complexity index is 1570. The molecule has 12 nitrogen and oxygen atoms in total. The number of thiophene rings is 1. The number of alkyl halides is 3. The SMILES string of the molecule is CCn1cc(-c2cc(C(F)(F)F)nc3sc(C(N)=O)c(NC(=O)Cn4nc(C)cc4[N+](=O)[O-])c23)c(C)n1. The van der Waals surface area contributed by atoms with Crippen molar-refractivity contribution in [1.29, 1.82) is 0 Å². The molecule has 16 heteroatoms. The fraction of sp³-hybridized carbons (Fsp3) is 0.286. The summed E-state index contributed by atoms with van der Waals surface area (Å²) in [4.78, 5) is 39.0. The second-order valence-electron chi connectivity index (χ2n) is 7.99. The summed E-state index contributed by atoms with van der Waals surface area (Å²) in [6, 6.07) is 2.00. The molecule has 0 aliphatic rings. The van der Waals surface area contributed by atoms with Crippen LogP contribution in [0.2, 0.25) is 0 Å². The van der Waals surface area contributed by atoms with Gasteiger partial charge in [-0.25, -0.2) is 4.98 Å². The number of nitrogens with two attached hydrogens (primary N) is 1. The number of nitrogens with one attached hydrogen (secondary N) is 1. The number of nitrogens with zero attached hydrogens (tertiary/aromatic N) is 6. The van der Waals surface area contributed by atoms with Crippen LogP contribution < -0.4 is 11.1 Å². The average molecular weight is 536 g/mol. The number of hydrogen-bond acceptors (Lipinski definition) is 8. The van der Waals surface area contributed by atoms with Crippen molar-refractivity contribution in [2.45, 2.75) is 40.0 Å². The molecule has 4 aromatic heterocycles. The summed E-state index contributed by atoms with van der Waals surface area (Å²) in [6.07, 6.45) is -3.25. The van der Waals surface area contributed by atoms with Gasteiger partial charge in [-0.3, -0.25) is 14.3 Å². The summed E-state index contributed by atoms with van der Waals surface area (Å²) >= 11 is 0.592. The molecule has 0 aliphatic heterocycles. The van der Waals surface area contributed by atoms with Crippen LogP contribution in [0.3, 0.4) is 0 Å². The first-order chi connectivity index (χ1) is 17.3. The molecule has 0 radical (unpaired) electrons. The highest BCUT2D eigenvalue weighted by atomic mass is 32.1. The lowest BCUT2D eigenvalue weighted by atomic mass is 10.0. The molecule has 4 heterocycles. The lowest BCUT2D eigenvalue weighted by Crippen LogP contribution is -2.22. The van der Waals surface area contributed by atoms with Crippen LogP contribution in [0.4, 0.5) is 24.7 Å². The zero-order valence-corrected chi connectivity index (χ0v) is 20.4. The molecule has 3 N–H and O–H groups in total. The average Bonchev–Trinajstić information content (AvgIpc) is 3.47. The molecule has 2 amide bonds. The van der Waals surface area contributed by atoms with Gasteiger partial charge in [0.05, 0.1) is 23.1 Å². The number of rotatable bonds is 7. The molecule has 4 aromatic rings. The number of anilines is 1. The number of fused-ring (bicyclic) bond motifs is 1. The van der Waals surface area contributed by atoms with E-state index < -0.39 is 41.0 Å². The smallest absolute Gasteiger partial charge is 0.365 e. The minimum Gasteiger partial charge on any atom is -0.365 e. The third-order valence-corrected chi connectivity index (χ3v) is 6.46. The number of carbonyl (C=O) groups excluding carboxylic acids is 2. The zero-order valence-electron chi connectivity index (χ0n) is 19.6. The number of aryl methyl sites for hydroxylation is 3. The molecule has 37 heavy (non-hydrogen) atoms. The topological polar surface area (TPSA) is 164 Å². The first-order valence-corrected chi connectivity index (χ1v) is 11.5. The number of carbonyl (C=O) groups is 2. The summed E-state index contributed by atoms with van der Waals surface area (Å²) in [6.45, 7) is 4.77. The van der Waals surface area contributed by atoms with Crippen molar-refractivity contribution in [3.05, 3.63) is 50.4 Å². The van der Waals surface area contributed by atoms with E-state index >= 15 is 0 Å². The minimum absolute atomic E-state index is 0.0366. The van der Waals surface area contributed by atoms with E-state index in [1.54, 1.807) is 20.0 Å². The summed E-state index contributed by atoms with van der Waals surface area (Å²) in [5.74, 6) is -2.25. The van der Waals surface area contributed by atoms with Gasteiger partial charge in [-0.15, -0.1) is 16.0 Å². The van der Waals surface area contributed by atoms with Crippen molar-refractivity contribution in [3.8, 4) is 11.1 Å². The van der Waals surface area contributed by atoms with Crippen molar-refractivity contribution in [3.63, 3.8) is 0 Å². The number of halogens is 3. The second-order valence-corrected chi connectivity index (χ2v) is 8.99. The second kappa shape index (κ2) is 9.27. The Hall–Kier alpha value is -4.34. The van der Waals surface area contributed by atoms with Gasteiger partial charge in [0.15, 0.2) is 6.54 Å². The van der Waals surface area contributed by atoms with Crippen molar-refractivity contribution in [1.82, 2.24) is 24.5 Å². The Morgan fingerprint density at radius 1 is 1.22 bits per heavy atom. The Morgan fingerprint density at radius 3 is 2.49 bits per heavy atom. The molecule has 0 aliphatic carbocycles. The molecule has 0 fully saturated rings. The third-order valence-electron chi connectivity index (χ3n) is 5.36. The molecule has 0 saturated carbocycles. The monoisotopic (exact) mass is 536 g/mol. The fourth-order valence-corrected chi connectivity index (χ4v) is 4.81. The molecule has 0 spiro atoms. The van der Waals surface area contributed by atoms with Crippen LogP contribution in [0.1, 0.15) is 33.7 Å². The maximum absolute atomic E-state index is 13.7. The quantitative estimate of drug-likeness (QED) is 0.269. The number of primary amides is 1. The van der Waals surface area contributed by atoms with Crippen molar-refractivity contribution < 1.29 is 27.7 Å². The van der Waals surface area contributed by atoms with Crippen LogP contribution in [-0.2, 0) is 24.1 Å². The van der Waals surface area contributed by atoms with Gasteiger partial charge >= 0.3 is 12.0 Å². The van der Waals surface area contributed by atoms with Gasteiger partial charge in [-0.1, -0.05) is 5.10 Å². The molecule has 4 rings (SSSR count). The van der Waals surface area contributed by atoms with Crippen LogP contribution >= 0.6 is 11.3 Å². The summed E-state index contributed by atoms with van der Waals surface area (Å²) in [5, 5.41) is 22.0. The Balaban J connectivity index is 1.90. The normalized spacial score (nSPS) is 11.7. The highest BCUT2D eigenvalue weighted by Crippen LogP contribution is 2.44. The summed E-state index contributed by atoms with van der Waals surface area (Å²) < 4.78 is 43.5. The van der Waals surface area contributed by atoms with Gasteiger partial charge in [-0.05, 0) is 37.3 Å². The van der Waals surface area contributed by atoms with Crippen LogP contribution in [0.5, 0.6) is 0 Å². The van der Waals surface area contributed by atoms with E-state index in [1.807, 2.05) is 0 Å². The highest BCUT2D eigenvalue weighted by Gasteiger charge is 2.35. The predicted molar refractivity (Wildman–Crippen MR) is 127 cm³/mol. The van der Waals surface area contributed by atoms with Gasteiger partial charge < -0.3 is 21.2 Å². The molecule has 0 atom stereocenters. The highest BCUT2D eigenvalue weighted by molar-refractivity contribution is 7.21. The zero-order chi connectivity index (χ0) is 27.2. The predicted octanol–water partition coefficient (Wildman–Crippen LogP) is 3.66. The number of pyridine rings is 1. The maximum atomic E-state index is 13.7. The van der Waals surface area contributed by atoms with Gasteiger partial charge in [0.1, 0.15) is 15.4 Å². The van der Waals surface area contributed by atoms with E-state index in [2.05, 4.69) is 20.5 Å². The standard InChI is InChI=1S/C21H19F3N8O4S/c1-4-30-7-12(10(3)29-30)11-6-13(21(22,23)24)26-20-16(11)17(18(37-20)19(25)34)27-14(33)8-31-15(32(35)36)5-9(2)28-31/h5-7H,4,8H2,1-3H3,(H2,25,34)(H,27,33). The third kappa shape index (κ3) is 4.87. The molecular formula is C21H19F3N8O4S. The van der Waals surface area contributed by atoms with Gasteiger partial charge in [0, 0.05) is 23.7 Å².